The average molecular weight is 350 g/mol. The van der Waals surface area contributed by atoms with Gasteiger partial charge in [0.05, 0.1) is 17.8 Å². The molecule has 1 fully saturated rings. The third-order valence-corrected chi connectivity index (χ3v) is 4.96. The van der Waals surface area contributed by atoms with Gasteiger partial charge in [0.2, 0.25) is 0 Å². The Hall–Kier alpha value is -3.22. The minimum Gasteiger partial charge on any atom is -0.489 e. The lowest BCUT2D eigenvalue weighted by atomic mass is 10.2. The number of rotatable bonds is 4. The van der Waals surface area contributed by atoms with Crippen LogP contribution in [0.3, 0.4) is 0 Å². The number of imidazole rings is 1. The first-order valence-corrected chi connectivity index (χ1v) is 8.66. The van der Waals surface area contributed by atoms with Gasteiger partial charge in [0, 0.05) is 24.8 Å². The number of H-pyrrole nitrogens is 2. The second-order valence-corrected chi connectivity index (χ2v) is 6.89. The molecule has 0 bridgehead atoms. The van der Waals surface area contributed by atoms with Gasteiger partial charge in [-0.15, -0.1) is 0 Å². The molecule has 4 aromatic rings. The maximum Gasteiger partial charge on any atom is 0.323 e. The number of aromatic nitrogens is 4. The summed E-state index contributed by atoms with van der Waals surface area (Å²) in [5, 5.41) is 0.865. The highest BCUT2D eigenvalue weighted by molar-refractivity contribution is 5.88. The summed E-state index contributed by atoms with van der Waals surface area (Å²) in [5.74, 6) is 1.16. The quantitative estimate of drug-likeness (QED) is 0.592. The molecule has 1 saturated carbocycles. The van der Waals surface area contributed by atoms with Crippen molar-refractivity contribution in [2.75, 3.05) is 6.61 Å². The topological polar surface area (TPSA) is 84.8 Å². The summed E-state index contributed by atoms with van der Waals surface area (Å²) in [5.41, 5.74) is 2.29. The van der Waals surface area contributed by atoms with E-state index in [0.717, 1.165) is 11.1 Å². The smallest absolute Gasteiger partial charge is 0.323 e. The van der Waals surface area contributed by atoms with E-state index in [1.165, 1.54) is 12.8 Å². The molecule has 3 aromatic heterocycles. The molecule has 1 aromatic carbocycles. The third-order valence-electron chi connectivity index (χ3n) is 4.96. The summed E-state index contributed by atoms with van der Waals surface area (Å²) < 4.78 is 9.50. The highest BCUT2D eigenvalue weighted by Gasteiger charge is 2.24. The normalized spacial score (nSPS) is 14.3. The molecule has 7 heteroatoms. The summed E-state index contributed by atoms with van der Waals surface area (Å²) >= 11 is 0. The molecule has 3 heterocycles. The van der Waals surface area contributed by atoms with Crippen molar-refractivity contribution in [3.8, 4) is 11.4 Å². The van der Waals surface area contributed by atoms with E-state index >= 15 is 0 Å². The van der Waals surface area contributed by atoms with Crippen LogP contribution < -0.4 is 16.0 Å². The van der Waals surface area contributed by atoms with Crippen LogP contribution in [-0.2, 0) is 7.05 Å². The number of nitrogens with one attached hydrogen (secondary N) is 2. The van der Waals surface area contributed by atoms with Gasteiger partial charge in [-0.3, -0.25) is 4.79 Å². The summed E-state index contributed by atoms with van der Waals surface area (Å²) in [6, 6.07) is 7.52. The van der Waals surface area contributed by atoms with Crippen LogP contribution in [0.5, 0.6) is 5.75 Å². The summed E-state index contributed by atoms with van der Waals surface area (Å²) in [7, 11) is 1.73. The third kappa shape index (κ3) is 2.28. The van der Waals surface area contributed by atoms with Crippen molar-refractivity contribution in [3.05, 3.63) is 57.5 Å². The lowest BCUT2D eigenvalue weighted by Gasteiger charge is -2.14. The molecule has 2 N–H and O–H groups in total. The van der Waals surface area contributed by atoms with Gasteiger partial charge in [-0.25, -0.2) is 4.79 Å². The van der Waals surface area contributed by atoms with Gasteiger partial charge < -0.3 is 23.8 Å². The van der Waals surface area contributed by atoms with E-state index in [0.29, 0.717) is 34.8 Å². The van der Waals surface area contributed by atoms with Crippen molar-refractivity contribution in [2.45, 2.75) is 12.8 Å². The molecular formula is C19H18N4O3. The van der Waals surface area contributed by atoms with Crippen LogP contribution in [0.4, 0.5) is 0 Å². The molecule has 26 heavy (non-hydrogen) atoms. The molecule has 7 nitrogen and oxygen atoms in total. The van der Waals surface area contributed by atoms with E-state index in [2.05, 4.69) is 9.97 Å². The Balaban J connectivity index is 1.78. The van der Waals surface area contributed by atoms with E-state index < -0.39 is 0 Å². The number of ether oxygens (including phenoxy) is 1. The Kier molecular flexibility index (Phi) is 3.12. The van der Waals surface area contributed by atoms with Crippen molar-refractivity contribution in [3.63, 3.8) is 0 Å². The van der Waals surface area contributed by atoms with Crippen LogP contribution >= 0.6 is 0 Å². The standard InChI is InChI=1S/C19H18N4O3/c1-22-8-6-12-7-9-23(16(12)18(22)24)14-5-4-13-15(21-19(25)20-13)17(14)26-10-11-2-3-11/h4-9,11H,2-3,10H2,1H3,(H2,20,21,25). The maximum atomic E-state index is 12.7. The Morgan fingerprint density at radius 3 is 2.73 bits per heavy atom. The predicted octanol–water partition coefficient (Wildman–Crippen LogP) is 2.29. The number of fused-ring (bicyclic) bond motifs is 2. The zero-order valence-corrected chi connectivity index (χ0v) is 14.3. The van der Waals surface area contributed by atoms with Gasteiger partial charge in [0.15, 0.2) is 5.75 Å². The number of hydrogen-bond acceptors (Lipinski definition) is 3. The Morgan fingerprint density at radius 1 is 1.12 bits per heavy atom. The average Bonchev–Trinajstić information content (AvgIpc) is 3.22. The second kappa shape index (κ2) is 5.39. The summed E-state index contributed by atoms with van der Waals surface area (Å²) in [6.45, 7) is 0.608. The van der Waals surface area contributed by atoms with E-state index in [9.17, 15) is 9.59 Å². The van der Waals surface area contributed by atoms with Crippen LogP contribution in [0, 0.1) is 5.92 Å². The SMILES string of the molecule is Cn1ccc2ccn(-c3ccc4[nH]c(=O)[nH]c4c3OCC3CC3)c2c1=O. The van der Waals surface area contributed by atoms with Gasteiger partial charge in [-0.1, -0.05) is 0 Å². The molecule has 0 spiro atoms. The largest absolute Gasteiger partial charge is 0.489 e. The maximum absolute atomic E-state index is 12.7. The first-order chi connectivity index (χ1) is 12.6. The molecule has 132 valence electrons. The monoisotopic (exact) mass is 350 g/mol. The van der Waals surface area contributed by atoms with Crippen molar-refractivity contribution in [1.29, 1.82) is 0 Å². The van der Waals surface area contributed by atoms with E-state index in [1.807, 2.05) is 35.0 Å². The fourth-order valence-corrected chi connectivity index (χ4v) is 3.32. The van der Waals surface area contributed by atoms with Gasteiger partial charge in [-0.05, 0) is 43.0 Å². The molecule has 0 atom stereocenters. The van der Waals surface area contributed by atoms with Crippen molar-refractivity contribution >= 4 is 21.9 Å². The van der Waals surface area contributed by atoms with E-state index in [1.54, 1.807) is 17.8 Å². The Bertz CT molecular complexity index is 1250. The van der Waals surface area contributed by atoms with Gasteiger partial charge in [0.1, 0.15) is 11.0 Å². The first kappa shape index (κ1) is 15.1. The minimum absolute atomic E-state index is 0.0803. The fraction of sp³-hybridized carbons (Fsp3) is 0.263. The molecule has 0 amide bonds. The summed E-state index contributed by atoms with van der Waals surface area (Å²) in [4.78, 5) is 30.0. The van der Waals surface area contributed by atoms with Crippen molar-refractivity contribution in [1.82, 2.24) is 19.1 Å². The van der Waals surface area contributed by atoms with Crippen LogP contribution in [0.15, 0.2) is 46.2 Å². The lowest BCUT2D eigenvalue weighted by molar-refractivity contribution is 0.302. The number of aryl methyl sites for hydroxylation is 1. The highest BCUT2D eigenvalue weighted by atomic mass is 16.5. The van der Waals surface area contributed by atoms with Gasteiger partial charge >= 0.3 is 5.69 Å². The van der Waals surface area contributed by atoms with Crippen molar-refractivity contribution < 1.29 is 4.74 Å². The second-order valence-electron chi connectivity index (χ2n) is 6.89. The zero-order chi connectivity index (χ0) is 17.8. The summed E-state index contributed by atoms with van der Waals surface area (Å²) in [6.07, 6.45) is 5.96. The molecule has 1 aliphatic carbocycles. The molecule has 0 saturated heterocycles. The predicted molar refractivity (Wildman–Crippen MR) is 99.2 cm³/mol. The number of hydrogen-bond donors (Lipinski definition) is 2. The lowest BCUT2D eigenvalue weighted by Crippen LogP contribution is -2.18. The zero-order valence-electron chi connectivity index (χ0n) is 14.3. The first-order valence-electron chi connectivity index (χ1n) is 8.66. The number of benzene rings is 1. The van der Waals surface area contributed by atoms with Crippen LogP contribution in [0.1, 0.15) is 12.8 Å². The molecule has 0 aliphatic heterocycles. The minimum atomic E-state index is -0.276. The Morgan fingerprint density at radius 2 is 1.92 bits per heavy atom. The van der Waals surface area contributed by atoms with Crippen LogP contribution in [0.2, 0.25) is 0 Å². The van der Waals surface area contributed by atoms with Crippen LogP contribution in [-0.4, -0.2) is 25.7 Å². The molecule has 1 aliphatic rings. The molecule has 0 radical (unpaired) electrons. The van der Waals surface area contributed by atoms with Gasteiger partial charge in [0.25, 0.3) is 5.56 Å². The van der Waals surface area contributed by atoms with Gasteiger partial charge in [-0.2, -0.15) is 0 Å². The highest BCUT2D eigenvalue weighted by Crippen LogP contribution is 2.35. The number of pyridine rings is 1. The molecule has 5 rings (SSSR count). The Labute approximate surface area is 147 Å². The van der Waals surface area contributed by atoms with E-state index in [-0.39, 0.29) is 11.2 Å². The van der Waals surface area contributed by atoms with E-state index in [4.69, 9.17) is 4.74 Å². The van der Waals surface area contributed by atoms with Crippen molar-refractivity contribution in [2.24, 2.45) is 13.0 Å². The number of nitrogens with zero attached hydrogens (tertiary/aromatic N) is 2. The molecule has 0 unspecified atom stereocenters. The number of aromatic amines is 2. The fourth-order valence-electron chi connectivity index (χ4n) is 3.32. The van der Waals surface area contributed by atoms with Crippen LogP contribution in [0.25, 0.3) is 27.6 Å². The molecular weight excluding hydrogens is 332 g/mol.